The van der Waals surface area contributed by atoms with Gasteiger partial charge in [-0.05, 0) is 30.4 Å². The van der Waals surface area contributed by atoms with Crippen LogP contribution in [0.4, 0.5) is 0 Å². The zero-order valence-electron chi connectivity index (χ0n) is 21.3. The summed E-state index contributed by atoms with van der Waals surface area (Å²) in [4.78, 5) is 64.6. The van der Waals surface area contributed by atoms with E-state index in [4.69, 9.17) is 10.8 Å². The average Bonchev–Trinajstić information content (AvgIpc) is 3.27. The fourth-order valence-corrected chi connectivity index (χ4v) is 4.03. The molecular weight excluding hydrogens is 514 g/mol. The van der Waals surface area contributed by atoms with E-state index in [2.05, 4.69) is 33.6 Å². The molecule has 0 aliphatic carbocycles. The number of carboxylic acids is 2. The number of hydrogen-bond acceptors (Lipinski definition) is 7. The van der Waals surface area contributed by atoms with Gasteiger partial charge < -0.3 is 36.9 Å². The average molecular weight is 550 g/mol. The van der Waals surface area contributed by atoms with Crippen LogP contribution in [0.2, 0.25) is 0 Å². The number of benzene rings is 1. The molecule has 2 rings (SSSR count). The van der Waals surface area contributed by atoms with Gasteiger partial charge in [-0.2, -0.15) is 12.6 Å². The molecule has 13 heteroatoms. The summed E-state index contributed by atoms with van der Waals surface area (Å²) in [6.07, 6.45) is 1.21. The SMILES string of the molecule is CC(C)CC(NC(=O)C(CCC(=O)O)NC(=O)C(N)CS)C(=O)NC(Cc1c[nH]c2ccccc12)C(=O)O. The summed E-state index contributed by atoms with van der Waals surface area (Å²) in [6.45, 7) is 3.64. The Bertz CT molecular complexity index is 1150. The summed E-state index contributed by atoms with van der Waals surface area (Å²) in [7, 11) is 0. The number of fused-ring (bicyclic) bond motifs is 1. The Morgan fingerprint density at radius 3 is 2.16 bits per heavy atom. The maximum absolute atomic E-state index is 13.2. The number of carbonyl (C=O) groups is 5. The van der Waals surface area contributed by atoms with E-state index < -0.39 is 60.2 Å². The van der Waals surface area contributed by atoms with E-state index >= 15 is 0 Å². The Morgan fingerprint density at radius 2 is 1.55 bits per heavy atom. The van der Waals surface area contributed by atoms with E-state index in [0.717, 1.165) is 10.9 Å². The summed E-state index contributed by atoms with van der Waals surface area (Å²) in [5, 5.41) is 27.1. The van der Waals surface area contributed by atoms with Crippen molar-refractivity contribution in [3.8, 4) is 0 Å². The molecule has 0 spiro atoms. The van der Waals surface area contributed by atoms with Crippen LogP contribution in [0.15, 0.2) is 30.5 Å². The molecule has 4 unspecified atom stereocenters. The van der Waals surface area contributed by atoms with Crippen molar-refractivity contribution in [2.24, 2.45) is 11.7 Å². The number of aromatic nitrogens is 1. The van der Waals surface area contributed by atoms with Gasteiger partial charge in [-0.25, -0.2) is 4.79 Å². The number of hydrogen-bond donors (Lipinski definition) is 8. The number of nitrogens with one attached hydrogen (secondary N) is 4. The Balaban J connectivity index is 2.19. The first-order chi connectivity index (χ1) is 17.9. The molecule has 0 fully saturated rings. The predicted molar refractivity (Wildman–Crippen MR) is 144 cm³/mol. The van der Waals surface area contributed by atoms with Gasteiger partial charge in [-0.15, -0.1) is 0 Å². The maximum Gasteiger partial charge on any atom is 0.326 e. The molecule has 2 aromatic rings. The fraction of sp³-hybridized carbons (Fsp3) is 0.480. The first-order valence-electron chi connectivity index (χ1n) is 12.2. The number of rotatable bonds is 15. The van der Waals surface area contributed by atoms with Gasteiger partial charge in [0.1, 0.15) is 18.1 Å². The third kappa shape index (κ3) is 9.06. The van der Waals surface area contributed by atoms with Crippen LogP contribution in [0, 0.1) is 5.92 Å². The van der Waals surface area contributed by atoms with E-state index in [1.54, 1.807) is 6.20 Å². The van der Waals surface area contributed by atoms with E-state index in [0.29, 0.717) is 5.56 Å². The molecule has 1 aromatic heterocycles. The number of thiol groups is 1. The molecule has 38 heavy (non-hydrogen) atoms. The highest BCUT2D eigenvalue weighted by atomic mass is 32.1. The van der Waals surface area contributed by atoms with Crippen molar-refractivity contribution in [3.63, 3.8) is 0 Å². The monoisotopic (exact) mass is 549 g/mol. The zero-order chi connectivity index (χ0) is 28.4. The van der Waals surface area contributed by atoms with Crippen molar-refractivity contribution in [2.75, 3.05) is 5.75 Å². The van der Waals surface area contributed by atoms with Gasteiger partial charge in [-0.3, -0.25) is 19.2 Å². The minimum absolute atomic E-state index is 0.00445. The number of para-hydroxylation sites is 1. The third-order valence-corrected chi connectivity index (χ3v) is 6.26. The first kappa shape index (κ1) is 30.6. The van der Waals surface area contributed by atoms with Crippen LogP contribution < -0.4 is 21.7 Å². The Labute approximate surface area is 225 Å². The van der Waals surface area contributed by atoms with Crippen molar-refractivity contribution in [1.82, 2.24) is 20.9 Å². The van der Waals surface area contributed by atoms with Crippen LogP contribution in [-0.4, -0.2) is 74.8 Å². The van der Waals surface area contributed by atoms with Crippen LogP contribution >= 0.6 is 12.6 Å². The number of carbonyl (C=O) groups excluding carboxylic acids is 3. The second-order valence-electron chi connectivity index (χ2n) is 9.44. The maximum atomic E-state index is 13.2. The number of nitrogens with two attached hydrogens (primary N) is 1. The summed E-state index contributed by atoms with van der Waals surface area (Å²) in [6, 6.07) is 2.67. The molecule has 208 valence electrons. The van der Waals surface area contributed by atoms with E-state index in [1.165, 1.54) is 0 Å². The largest absolute Gasteiger partial charge is 0.481 e. The molecule has 0 saturated heterocycles. The topological polar surface area (TPSA) is 204 Å². The Morgan fingerprint density at radius 1 is 0.947 bits per heavy atom. The van der Waals surface area contributed by atoms with Crippen molar-refractivity contribution in [1.29, 1.82) is 0 Å². The molecule has 0 aliphatic rings. The van der Waals surface area contributed by atoms with Crippen LogP contribution in [0.1, 0.15) is 38.7 Å². The smallest absolute Gasteiger partial charge is 0.326 e. The molecule has 12 nitrogen and oxygen atoms in total. The highest BCUT2D eigenvalue weighted by Gasteiger charge is 2.31. The van der Waals surface area contributed by atoms with Gasteiger partial charge in [-0.1, -0.05) is 32.0 Å². The fourth-order valence-electron chi connectivity index (χ4n) is 3.87. The van der Waals surface area contributed by atoms with Crippen LogP contribution in [-0.2, 0) is 30.4 Å². The second kappa shape index (κ2) is 14.4. The summed E-state index contributed by atoms with van der Waals surface area (Å²) in [5.41, 5.74) is 7.18. The van der Waals surface area contributed by atoms with Gasteiger partial charge in [0.15, 0.2) is 0 Å². The van der Waals surface area contributed by atoms with Crippen molar-refractivity contribution in [2.45, 2.75) is 63.7 Å². The lowest BCUT2D eigenvalue weighted by Gasteiger charge is -2.26. The second-order valence-corrected chi connectivity index (χ2v) is 9.80. The quantitative estimate of drug-likeness (QED) is 0.146. The summed E-state index contributed by atoms with van der Waals surface area (Å²) < 4.78 is 0. The molecule has 0 aliphatic heterocycles. The molecular formula is C25H35N5O7S. The van der Waals surface area contributed by atoms with Crippen molar-refractivity contribution < 1.29 is 34.2 Å². The number of H-pyrrole nitrogens is 1. The normalized spacial score (nSPS) is 14.3. The molecule has 3 amide bonds. The molecule has 8 N–H and O–H groups in total. The van der Waals surface area contributed by atoms with Crippen LogP contribution in [0.25, 0.3) is 10.9 Å². The van der Waals surface area contributed by atoms with Gasteiger partial charge >= 0.3 is 11.9 Å². The Kier molecular flexibility index (Phi) is 11.6. The summed E-state index contributed by atoms with van der Waals surface area (Å²) >= 11 is 3.95. The van der Waals surface area contributed by atoms with Gasteiger partial charge in [0.2, 0.25) is 17.7 Å². The molecule has 0 bridgehead atoms. The molecule has 4 atom stereocenters. The lowest BCUT2D eigenvalue weighted by molar-refractivity contribution is -0.142. The molecule has 1 aromatic carbocycles. The van der Waals surface area contributed by atoms with Crippen molar-refractivity contribution >= 4 is 53.2 Å². The molecule has 1 heterocycles. The van der Waals surface area contributed by atoms with Crippen LogP contribution in [0.3, 0.4) is 0 Å². The van der Waals surface area contributed by atoms with Crippen LogP contribution in [0.5, 0.6) is 0 Å². The lowest BCUT2D eigenvalue weighted by atomic mass is 10.0. The molecule has 0 saturated carbocycles. The third-order valence-electron chi connectivity index (χ3n) is 5.87. The van der Waals surface area contributed by atoms with E-state index in [9.17, 15) is 29.1 Å². The minimum Gasteiger partial charge on any atom is -0.481 e. The van der Waals surface area contributed by atoms with Gasteiger partial charge in [0.05, 0.1) is 6.04 Å². The predicted octanol–water partition coefficient (Wildman–Crippen LogP) is 0.417. The lowest BCUT2D eigenvalue weighted by Crippen LogP contribution is -2.57. The van der Waals surface area contributed by atoms with E-state index in [-0.39, 0.29) is 30.9 Å². The summed E-state index contributed by atoms with van der Waals surface area (Å²) in [5.74, 6) is -4.67. The van der Waals surface area contributed by atoms with Crippen molar-refractivity contribution in [3.05, 3.63) is 36.0 Å². The Hall–Kier alpha value is -3.58. The van der Waals surface area contributed by atoms with E-state index in [1.807, 2.05) is 38.1 Å². The highest BCUT2D eigenvalue weighted by Crippen LogP contribution is 2.19. The zero-order valence-corrected chi connectivity index (χ0v) is 22.2. The van der Waals surface area contributed by atoms with Gasteiger partial charge in [0, 0.05) is 35.7 Å². The first-order valence-corrected chi connectivity index (χ1v) is 12.8. The number of amides is 3. The highest BCUT2D eigenvalue weighted by molar-refractivity contribution is 7.80. The molecule has 0 radical (unpaired) electrons. The van der Waals surface area contributed by atoms with Gasteiger partial charge in [0.25, 0.3) is 0 Å². The standard InChI is InChI=1S/C25H35N5O7S/c1-13(2)9-19(29-23(34)18(7-8-21(31)32)28-22(33)16(26)12-38)24(35)30-20(25(36)37)10-14-11-27-17-6-4-3-5-15(14)17/h3-6,11,13,16,18-20,27,38H,7-10,12,26H2,1-2H3,(H,28,33)(H,29,34)(H,30,35)(H,31,32)(H,36,37). The number of aliphatic carboxylic acids is 2. The number of aromatic amines is 1. The minimum atomic E-state index is -1.27. The number of carboxylic acid groups (broad SMARTS) is 2.